The molecule has 0 aliphatic heterocycles. The van der Waals surface area contributed by atoms with Crippen LogP contribution >= 0.6 is 0 Å². The van der Waals surface area contributed by atoms with Crippen molar-refractivity contribution in [2.24, 2.45) is 0 Å². The molecule has 0 spiro atoms. The van der Waals surface area contributed by atoms with Crippen LogP contribution in [0.3, 0.4) is 0 Å². The molecule has 0 aliphatic rings. The summed E-state index contributed by atoms with van der Waals surface area (Å²) in [5.41, 5.74) is 4.84. The number of hydrogen-bond donors (Lipinski definition) is 1. The van der Waals surface area contributed by atoms with Gasteiger partial charge in [-0.2, -0.15) is 0 Å². The molecule has 1 N–H and O–H groups in total. The van der Waals surface area contributed by atoms with Crippen molar-refractivity contribution in [2.75, 3.05) is 7.11 Å². The van der Waals surface area contributed by atoms with Gasteiger partial charge in [-0.25, -0.2) is 0 Å². The number of amides is 1. The van der Waals surface area contributed by atoms with Gasteiger partial charge in [0.15, 0.2) is 0 Å². The third-order valence-corrected chi connectivity index (χ3v) is 4.99. The van der Waals surface area contributed by atoms with Crippen molar-refractivity contribution in [2.45, 2.75) is 26.3 Å². The van der Waals surface area contributed by atoms with Gasteiger partial charge < -0.3 is 10.1 Å². The number of hydrogen-bond acceptors (Lipinski definition) is 2. The second-order valence-electron chi connectivity index (χ2n) is 6.99. The first-order valence-electron chi connectivity index (χ1n) is 9.91. The van der Waals surface area contributed by atoms with Gasteiger partial charge in [-0.3, -0.25) is 4.79 Å². The molecule has 3 rings (SSSR count). The number of aryl methyl sites for hydroxylation is 1. The number of carbonyl (C=O) groups is 1. The minimum absolute atomic E-state index is 0.0867. The molecule has 1 amide bonds. The van der Waals surface area contributed by atoms with Crippen molar-refractivity contribution in [1.29, 1.82) is 0 Å². The minimum atomic E-state index is -0.0981. The Kier molecular flexibility index (Phi) is 6.85. The average Bonchev–Trinajstić information content (AvgIpc) is 2.78. The molecular formula is C26H27NO2. The van der Waals surface area contributed by atoms with Gasteiger partial charge in [-0.05, 0) is 53.8 Å². The molecule has 0 radical (unpaired) electrons. The SMILES string of the molecule is CCc1ccc(C(C)NC(=O)/C(=C/c2ccc(OC)cc2)c2ccccc2)cc1. The molecule has 0 fully saturated rings. The molecule has 0 saturated heterocycles. The third-order valence-electron chi connectivity index (χ3n) is 4.99. The number of ether oxygens (including phenoxy) is 1. The van der Waals surface area contributed by atoms with Crippen LogP contribution in [0.15, 0.2) is 78.9 Å². The molecule has 0 heterocycles. The summed E-state index contributed by atoms with van der Waals surface area (Å²) in [5.74, 6) is 0.691. The van der Waals surface area contributed by atoms with Crippen molar-refractivity contribution in [3.63, 3.8) is 0 Å². The second kappa shape index (κ2) is 9.74. The summed E-state index contributed by atoms with van der Waals surface area (Å²) in [6.45, 7) is 4.14. The average molecular weight is 386 g/mol. The van der Waals surface area contributed by atoms with Gasteiger partial charge >= 0.3 is 0 Å². The van der Waals surface area contributed by atoms with Crippen LogP contribution in [0.4, 0.5) is 0 Å². The molecule has 1 atom stereocenters. The Morgan fingerprint density at radius 3 is 2.21 bits per heavy atom. The van der Waals surface area contributed by atoms with Crippen LogP contribution in [-0.4, -0.2) is 13.0 Å². The summed E-state index contributed by atoms with van der Waals surface area (Å²) in [5, 5.41) is 3.14. The lowest BCUT2D eigenvalue weighted by atomic mass is 10.0. The van der Waals surface area contributed by atoms with E-state index in [1.807, 2.05) is 67.6 Å². The van der Waals surface area contributed by atoms with E-state index in [9.17, 15) is 4.79 Å². The van der Waals surface area contributed by atoms with E-state index in [-0.39, 0.29) is 11.9 Å². The first-order chi connectivity index (χ1) is 14.1. The number of carbonyl (C=O) groups excluding carboxylic acids is 1. The smallest absolute Gasteiger partial charge is 0.252 e. The van der Waals surface area contributed by atoms with E-state index in [0.717, 1.165) is 28.9 Å². The Morgan fingerprint density at radius 2 is 1.62 bits per heavy atom. The fraction of sp³-hybridized carbons (Fsp3) is 0.192. The molecule has 0 aliphatic carbocycles. The van der Waals surface area contributed by atoms with Crippen LogP contribution < -0.4 is 10.1 Å². The van der Waals surface area contributed by atoms with Crippen LogP contribution in [0.5, 0.6) is 5.75 Å². The lowest BCUT2D eigenvalue weighted by Crippen LogP contribution is -2.27. The van der Waals surface area contributed by atoms with Gasteiger partial charge in [0.05, 0.1) is 13.2 Å². The van der Waals surface area contributed by atoms with E-state index in [0.29, 0.717) is 5.57 Å². The van der Waals surface area contributed by atoms with Crippen molar-refractivity contribution in [1.82, 2.24) is 5.32 Å². The van der Waals surface area contributed by atoms with E-state index in [1.165, 1.54) is 5.56 Å². The highest BCUT2D eigenvalue weighted by molar-refractivity contribution is 6.24. The summed E-state index contributed by atoms with van der Waals surface area (Å²) in [6, 6.07) is 25.7. The number of benzene rings is 3. The van der Waals surface area contributed by atoms with Crippen molar-refractivity contribution in [3.8, 4) is 5.75 Å². The van der Waals surface area contributed by atoms with Gasteiger partial charge in [0.1, 0.15) is 5.75 Å². The zero-order valence-corrected chi connectivity index (χ0v) is 17.2. The number of methoxy groups -OCH3 is 1. The summed E-state index contributed by atoms with van der Waals surface area (Å²) in [4.78, 5) is 13.2. The summed E-state index contributed by atoms with van der Waals surface area (Å²) < 4.78 is 5.22. The first kappa shape index (κ1) is 20.4. The van der Waals surface area contributed by atoms with E-state index >= 15 is 0 Å². The number of rotatable bonds is 7. The maximum Gasteiger partial charge on any atom is 0.252 e. The molecule has 3 aromatic rings. The molecule has 29 heavy (non-hydrogen) atoms. The quantitative estimate of drug-likeness (QED) is 0.420. The summed E-state index contributed by atoms with van der Waals surface area (Å²) in [6.07, 6.45) is 2.92. The van der Waals surface area contributed by atoms with Gasteiger partial charge in [0.25, 0.3) is 5.91 Å². The van der Waals surface area contributed by atoms with Crippen LogP contribution in [-0.2, 0) is 11.2 Å². The summed E-state index contributed by atoms with van der Waals surface area (Å²) in [7, 11) is 1.64. The van der Waals surface area contributed by atoms with Crippen LogP contribution in [0.25, 0.3) is 11.6 Å². The standard InChI is InChI=1S/C26H27NO2/c1-4-20-10-14-22(15-11-20)19(2)27-26(28)25(23-8-6-5-7-9-23)18-21-12-16-24(29-3)17-13-21/h5-19H,4H2,1-3H3,(H,27,28)/b25-18+. The van der Waals surface area contributed by atoms with E-state index in [2.05, 4.69) is 36.5 Å². The van der Waals surface area contributed by atoms with Gasteiger partial charge in [-0.15, -0.1) is 0 Å². The minimum Gasteiger partial charge on any atom is -0.497 e. The zero-order chi connectivity index (χ0) is 20.6. The fourth-order valence-corrected chi connectivity index (χ4v) is 3.16. The Balaban J connectivity index is 1.86. The highest BCUT2D eigenvalue weighted by Crippen LogP contribution is 2.22. The van der Waals surface area contributed by atoms with Crippen LogP contribution in [0.2, 0.25) is 0 Å². The van der Waals surface area contributed by atoms with Crippen molar-refractivity contribution in [3.05, 3.63) is 101 Å². The van der Waals surface area contributed by atoms with Gasteiger partial charge in [0.2, 0.25) is 0 Å². The van der Waals surface area contributed by atoms with E-state index < -0.39 is 0 Å². The van der Waals surface area contributed by atoms with E-state index in [4.69, 9.17) is 4.74 Å². The molecular weight excluding hydrogens is 358 g/mol. The van der Waals surface area contributed by atoms with Crippen molar-refractivity contribution >= 4 is 17.6 Å². The zero-order valence-electron chi connectivity index (χ0n) is 17.2. The third kappa shape index (κ3) is 5.35. The number of nitrogens with one attached hydrogen (secondary N) is 1. The van der Waals surface area contributed by atoms with Crippen molar-refractivity contribution < 1.29 is 9.53 Å². The molecule has 3 aromatic carbocycles. The maximum atomic E-state index is 13.2. The highest BCUT2D eigenvalue weighted by atomic mass is 16.5. The monoisotopic (exact) mass is 385 g/mol. The van der Waals surface area contributed by atoms with Crippen LogP contribution in [0, 0.1) is 0 Å². The molecule has 0 saturated carbocycles. The fourth-order valence-electron chi connectivity index (χ4n) is 3.16. The lowest BCUT2D eigenvalue weighted by Gasteiger charge is -2.17. The molecule has 3 heteroatoms. The Hall–Kier alpha value is -3.33. The summed E-state index contributed by atoms with van der Waals surface area (Å²) >= 11 is 0. The Morgan fingerprint density at radius 1 is 0.966 bits per heavy atom. The van der Waals surface area contributed by atoms with Gasteiger partial charge in [0, 0.05) is 5.57 Å². The topological polar surface area (TPSA) is 38.3 Å². The predicted molar refractivity (Wildman–Crippen MR) is 120 cm³/mol. The maximum absolute atomic E-state index is 13.2. The van der Waals surface area contributed by atoms with Gasteiger partial charge in [-0.1, -0.05) is 73.7 Å². The molecule has 3 nitrogen and oxygen atoms in total. The first-order valence-corrected chi connectivity index (χ1v) is 9.91. The molecule has 148 valence electrons. The van der Waals surface area contributed by atoms with Crippen LogP contribution in [0.1, 0.15) is 42.1 Å². The molecule has 0 aromatic heterocycles. The highest BCUT2D eigenvalue weighted by Gasteiger charge is 2.16. The molecule has 1 unspecified atom stereocenters. The predicted octanol–water partition coefficient (Wildman–Crippen LogP) is 5.68. The normalized spacial score (nSPS) is 12.3. The second-order valence-corrected chi connectivity index (χ2v) is 6.99. The Bertz CT molecular complexity index is 958. The molecule has 0 bridgehead atoms. The lowest BCUT2D eigenvalue weighted by molar-refractivity contribution is -0.116. The Labute approximate surface area is 173 Å². The van der Waals surface area contributed by atoms with E-state index in [1.54, 1.807) is 7.11 Å². The largest absolute Gasteiger partial charge is 0.497 e.